The molecule has 1 nitrogen and oxygen atoms in total. The largest absolute Gasteiger partial charge is 0.417 e. The Morgan fingerprint density at radius 3 is 2.18 bits per heavy atom. The molecule has 0 bridgehead atoms. The van der Waals surface area contributed by atoms with E-state index >= 15 is 0 Å². The van der Waals surface area contributed by atoms with Gasteiger partial charge >= 0.3 is 6.18 Å². The highest BCUT2D eigenvalue weighted by Crippen LogP contribution is 2.31. The molecule has 0 aliphatic carbocycles. The first-order valence-corrected chi connectivity index (χ1v) is 7.14. The highest BCUT2D eigenvalue weighted by molar-refractivity contribution is 6.43. The number of aliphatic imine (C=N–C) groups is 1. The van der Waals surface area contributed by atoms with Crippen LogP contribution in [-0.4, -0.2) is 11.9 Å². The maximum absolute atomic E-state index is 12.7. The molecule has 122 valence electrons. The number of hydrogen-bond acceptors (Lipinski definition) is 1. The molecule has 0 amide bonds. The number of allylic oxidation sites excluding steroid dienone is 7. The fourth-order valence-electron chi connectivity index (χ4n) is 1.31. The third-order valence-electron chi connectivity index (χ3n) is 2.76. The minimum atomic E-state index is -4.55. The van der Waals surface area contributed by atoms with Crippen LogP contribution in [0.1, 0.15) is 20.8 Å². The number of hydrogen-bond donors (Lipinski definition) is 0. The summed E-state index contributed by atoms with van der Waals surface area (Å²) in [6, 6.07) is 0. The Labute approximate surface area is 139 Å². The summed E-state index contributed by atoms with van der Waals surface area (Å²) < 4.78 is 38.2. The van der Waals surface area contributed by atoms with Crippen molar-refractivity contribution in [2.24, 2.45) is 10.9 Å². The lowest BCUT2D eigenvalue weighted by atomic mass is 10.1. The van der Waals surface area contributed by atoms with E-state index in [-0.39, 0.29) is 11.6 Å². The van der Waals surface area contributed by atoms with Crippen LogP contribution >= 0.6 is 23.2 Å². The van der Waals surface area contributed by atoms with Crippen LogP contribution in [0, 0.1) is 5.92 Å². The lowest BCUT2D eigenvalue weighted by Gasteiger charge is -2.13. The molecular formula is C16H18Cl2F3N. The quantitative estimate of drug-likeness (QED) is 0.380. The highest BCUT2D eigenvalue weighted by atomic mass is 35.5. The van der Waals surface area contributed by atoms with Gasteiger partial charge in [0.25, 0.3) is 0 Å². The minimum absolute atomic E-state index is 0.284. The van der Waals surface area contributed by atoms with Crippen molar-refractivity contribution in [3.8, 4) is 0 Å². The Balaban J connectivity index is 5.51. The van der Waals surface area contributed by atoms with Gasteiger partial charge in [0.1, 0.15) is 0 Å². The molecule has 0 aliphatic heterocycles. The van der Waals surface area contributed by atoms with Gasteiger partial charge in [0.05, 0.1) is 21.3 Å². The molecule has 0 spiro atoms. The van der Waals surface area contributed by atoms with Gasteiger partial charge in [0.15, 0.2) is 0 Å². The van der Waals surface area contributed by atoms with Crippen molar-refractivity contribution < 1.29 is 13.2 Å². The van der Waals surface area contributed by atoms with Gasteiger partial charge < -0.3 is 0 Å². The van der Waals surface area contributed by atoms with E-state index in [9.17, 15) is 13.2 Å². The Hall–Kier alpha value is -1.26. The first-order chi connectivity index (χ1) is 10.0. The molecular weight excluding hydrogens is 334 g/mol. The summed E-state index contributed by atoms with van der Waals surface area (Å²) in [5.74, 6) is -0.296. The Kier molecular flexibility index (Phi) is 8.49. The van der Waals surface area contributed by atoms with E-state index in [0.717, 1.165) is 6.08 Å². The SMILES string of the molecule is C=C/C=C(/N=C(C)C(C)/C=C(Cl)\C(Cl)=C/C)C(=C)C(F)(F)F. The summed E-state index contributed by atoms with van der Waals surface area (Å²) in [6.07, 6.45) is 1.08. The standard InChI is InChI=1S/C16H18Cl2F3N/c1-6-8-15(11(4)16(19,20)21)22-12(5)10(3)9-14(18)13(17)7-2/h6-10H,1,4H2,2-3,5H3/b13-7+,14-9+,15-8+,22-12?. The summed E-state index contributed by atoms with van der Waals surface area (Å²) in [5, 5.41) is 0.679. The third kappa shape index (κ3) is 6.67. The van der Waals surface area contributed by atoms with Gasteiger partial charge in [-0.3, -0.25) is 4.99 Å². The number of nitrogens with zero attached hydrogens (tertiary/aromatic N) is 1. The van der Waals surface area contributed by atoms with Crippen LogP contribution in [-0.2, 0) is 0 Å². The molecule has 0 radical (unpaired) electrons. The van der Waals surface area contributed by atoms with Gasteiger partial charge in [-0.15, -0.1) is 0 Å². The molecule has 6 heteroatoms. The lowest BCUT2D eigenvalue weighted by molar-refractivity contribution is -0.0890. The van der Waals surface area contributed by atoms with E-state index in [0.29, 0.717) is 15.8 Å². The van der Waals surface area contributed by atoms with Crippen LogP contribution in [0.2, 0.25) is 0 Å². The van der Waals surface area contributed by atoms with Gasteiger partial charge in [0.2, 0.25) is 0 Å². The zero-order chi connectivity index (χ0) is 17.5. The molecule has 0 N–H and O–H groups in total. The van der Waals surface area contributed by atoms with Crippen molar-refractivity contribution in [1.82, 2.24) is 0 Å². The third-order valence-corrected chi connectivity index (χ3v) is 3.61. The van der Waals surface area contributed by atoms with E-state index in [2.05, 4.69) is 18.2 Å². The number of alkyl halides is 3. The maximum atomic E-state index is 12.7. The molecule has 0 fully saturated rings. The zero-order valence-corrected chi connectivity index (χ0v) is 14.1. The number of rotatable bonds is 6. The molecule has 1 atom stereocenters. The monoisotopic (exact) mass is 351 g/mol. The van der Waals surface area contributed by atoms with Crippen LogP contribution in [0.25, 0.3) is 0 Å². The summed E-state index contributed by atoms with van der Waals surface area (Å²) in [7, 11) is 0. The molecule has 0 rings (SSSR count). The predicted octanol–water partition coefficient (Wildman–Crippen LogP) is 6.54. The smallest absolute Gasteiger partial charge is 0.257 e. The highest BCUT2D eigenvalue weighted by Gasteiger charge is 2.34. The van der Waals surface area contributed by atoms with Gasteiger partial charge in [-0.2, -0.15) is 13.2 Å². The molecule has 0 aliphatic rings. The van der Waals surface area contributed by atoms with Crippen molar-refractivity contribution in [2.75, 3.05) is 0 Å². The van der Waals surface area contributed by atoms with E-state index in [1.165, 1.54) is 6.08 Å². The lowest BCUT2D eigenvalue weighted by Crippen LogP contribution is -2.14. The molecule has 1 unspecified atom stereocenters. The fourth-order valence-corrected chi connectivity index (χ4v) is 1.67. The van der Waals surface area contributed by atoms with Crippen molar-refractivity contribution in [2.45, 2.75) is 26.9 Å². The van der Waals surface area contributed by atoms with E-state index < -0.39 is 11.7 Å². The zero-order valence-electron chi connectivity index (χ0n) is 12.6. The molecule has 22 heavy (non-hydrogen) atoms. The van der Waals surface area contributed by atoms with Gasteiger partial charge in [-0.05, 0) is 19.9 Å². The average Bonchev–Trinajstić information content (AvgIpc) is 2.43. The van der Waals surface area contributed by atoms with Crippen LogP contribution in [0.3, 0.4) is 0 Å². The van der Waals surface area contributed by atoms with Crippen molar-refractivity contribution in [1.29, 1.82) is 0 Å². The normalized spacial score (nSPS) is 16.5. The first kappa shape index (κ1) is 20.7. The average molecular weight is 352 g/mol. The molecule has 0 aromatic carbocycles. The number of halogens is 5. The molecule has 0 saturated heterocycles. The van der Waals surface area contributed by atoms with Crippen LogP contribution in [0.5, 0.6) is 0 Å². The summed E-state index contributed by atoms with van der Waals surface area (Å²) in [6.45, 7) is 11.5. The Morgan fingerprint density at radius 1 is 1.23 bits per heavy atom. The second-order valence-corrected chi connectivity index (χ2v) is 5.27. The van der Waals surface area contributed by atoms with E-state index in [1.54, 1.807) is 32.9 Å². The van der Waals surface area contributed by atoms with Crippen LogP contribution in [0.4, 0.5) is 13.2 Å². The second-order valence-electron chi connectivity index (χ2n) is 4.46. The van der Waals surface area contributed by atoms with Crippen molar-refractivity contribution >= 4 is 28.9 Å². The minimum Gasteiger partial charge on any atom is -0.257 e. The van der Waals surface area contributed by atoms with E-state index in [4.69, 9.17) is 23.2 Å². The van der Waals surface area contributed by atoms with Crippen molar-refractivity contribution in [3.63, 3.8) is 0 Å². The van der Waals surface area contributed by atoms with E-state index in [1.807, 2.05) is 0 Å². The Bertz CT molecular complexity index is 552. The van der Waals surface area contributed by atoms with Crippen LogP contribution < -0.4 is 0 Å². The fraction of sp³-hybridized carbons (Fsp3) is 0.312. The second kappa shape index (κ2) is 9.01. The predicted molar refractivity (Wildman–Crippen MR) is 89.3 cm³/mol. The maximum Gasteiger partial charge on any atom is 0.417 e. The van der Waals surface area contributed by atoms with Gasteiger partial charge in [-0.1, -0.05) is 61.5 Å². The molecule has 0 aromatic heterocycles. The molecule has 0 saturated carbocycles. The first-order valence-electron chi connectivity index (χ1n) is 6.38. The van der Waals surface area contributed by atoms with Crippen LogP contribution in [0.15, 0.2) is 63.8 Å². The van der Waals surface area contributed by atoms with Crippen molar-refractivity contribution in [3.05, 3.63) is 58.8 Å². The molecule has 0 aromatic rings. The summed E-state index contributed by atoms with van der Waals surface area (Å²) in [5.41, 5.74) is -0.869. The summed E-state index contributed by atoms with van der Waals surface area (Å²) >= 11 is 11.8. The summed E-state index contributed by atoms with van der Waals surface area (Å²) in [4.78, 5) is 3.99. The topological polar surface area (TPSA) is 12.4 Å². The Morgan fingerprint density at radius 2 is 1.77 bits per heavy atom. The van der Waals surface area contributed by atoms with Gasteiger partial charge in [-0.25, -0.2) is 0 Å². The van der Waals surface area contributed by atoms with Gasteiger partial charge in [0, 0.05) is 11.6 Å². The molecule has 0 heterocycles.